The maximum Gasteiger partial charge on any atom is 0.0437 e. The van der Waals surface area contributed by atoms with Gasteiger partial charge in [-0.3, -0.25) is 4.98 Å². The largest absolute Gasteiger partial charge is 0.399 e. The summed E-state index contributed by atoms with van der Waals surface area (Å²) in [4.78, 5) is 4.05. The van der Waals surface area contributed by atoms with Crippen LogP contribution in [0, 0.1) is 0 Å². The summed E-state index contributed by atoms with van der Waals surface area (Å²) in [5.74, 6) is 0. The third kappa shape index (κ3) is 3.81. The first-order valence-corrected chi connectivity index (χ1v) is 6.35. The van der Waals surface area contributed by atoms with Gasteiger partial charge in [0.15, 0.2) is 0 Å². The van der Waals surface area contributed by atoms with Gasteiger partial charge in [-0.15, -0.1) is 0 Å². The van der Waals surface area contributed by atoms with Crippen molar-refractivity contribution in [3.05, 3.63) is 35.1 Å². The molecule has 0 spiro atoms. The van der Waals surface area contributed by atoms with Crippen molar-refractivity contribution in [3.8, 4) is 0 Å². The summed E-state index contributed by atoms with van der Waals surface area (Å²) in [5.41, 5.74) is 6.42. The predicted molar refractivity (Wildman–Crippen MR) is 76.6 cm³/mol. The second-order valence-electron chi connectivity index (χ2n) is 2.60. The van der Waals surface area contributed by atoms with Crippen LogP contribution >= 0.6 is 15.9 Å². The molecule has 0 saturated carbocycles. The number of hydrogen-bond acceptors (Lipinski definition) is 2. The number of pyridine rings is 1. The average Bonchev–Trinajstić information content (AvgIpc) is 2.35. The van der Waals surface area contributed by atoms with Gasteiger partial charge >= 0.3 is 0 Å². The lowest BCUT2D eigenvalue weighted by atomic mass is 10.2. The third-order valence-electron chi connectivity index (χ3n) is 1.74. The molecule has 0 aliphatic carbocycles. The van der Waals surface area contributed by atoms with E-state index in [2.05, 4.69) is 20.9 Å². The van der Waals surface area contributed by atoms with Crippen molar-refractivity contribution >= 4 is 32.4 Å². The van der Waals surface area contributed by atoms with Crippen molar-refractivity contribution in [3.63, 3.8) is 0 Å². The van der Waals surface area contributed by atoms with Gasteiger partial charge in [-0.05, 0) is 28.1 Å². The van der Waals surface area contributed by atoms with Gasteiger partial charge in [0.05, 0.1) is 0 Å². The van der Waals surface area contributed by atoms with Gasteiger partial charge in [0, 0.05) is 33.3 Å². The van der Waals surface area contributed by atoms with E-state index in [1.807, 2.05) is 52.1 Å². The van der Waals surface area contributed by atoms with E-state index in [1.165, 1.54) is 0 Å². The van der Waals surface area contributed by atoms with E-state index in [1.54, 1.807) is 6.20 Å². The number of rotatable bonds is 0. The lowest BCUT2D eigenvalue weighted by molar-refractivity contribution is 1.35. The number of anilines is 1. The Balaban J connectivity index is 0.000000509. The van der Waals surface area contributed by atoms with E-state index in [-0.39, 0.29) is 0 Å². The summed E-state index contributed by atoms with van der Waals surface area (Å²) < 4.78 is 0.979. The molecule has 0 aliphatic rings. The summed E-state index contributed by atoms with van der Waals surface area (Å²) in [5, 5.41) is 2.20. The van der Waals surface area contributed by atoms with Crippen LogP contribution in [0.3, 0.4) is 0 Å². The number of nitrogens with zero attached hydrogens (tertiary/aromatic N) is 1. The molecule has 88 valence electrons. The molecule has 1 aromatic heterocycles. The molecule has 0 fully saturated rings. The van der Waals surface area contributed by atoms with E-state index in [0.29, 0.717) is 0 Å². The van der Waals surface area contributed by atoms with Crippen LogP contribution in [-0.2, 0) is 0 Å². The first kappa shape index (κ1) is 14.9. The molecule has 2 aromatic rings. The highest BCUT2D eigenvalue weighted by Gasteiger charge is 1.97. The lowest BCUT2D eigenvalue weighted by Crippen LogP contribution is -1.84. The number of nitrogen functional groups attached to an aromatic ring is 1. The minimum absolute atomic E-state index is 0.773. The van der Waals surface area contributed by atoms with Gasteiger partial charge in [0.1, 0.15) is 0 Å². The minimum Gasteiger partial charge on any atom is -0.399 e. The van der Waals surface area contributed by atoms with E-state index in [9.17, 15) is 0 Å². The van der Waals surface area contributed by atoms with Crippen LogP contribution in [0.4, 0.5) is 5.69 Å². The van der Waals surface area contributed by atoms with E-state index in [4.69, 9.17) is 5.73 Å². The normalized spacial score (nSPS) is 8.56. The summed E-state index contributed by atoms with van der Waals surface area (Å²) in [6.45, 7) is 8.00. The van der Waals surface area contributed by atoms with Crippen molar-refractivity contribution in [1.29, 1.82) is 0 Å². The van der Waals surface area contributed by atoms with Gasteiger partial charge in [-0.1, -0.05) is 33.8 Å². The zero-order valence-corrected chi connectivity index (χ0v) is 11.9. The molecule has 3 heteroatoms. The summed E-state index contributed by atoms with van der Waals surface area (Å²) in [7, 11) is 0. The third-order valence-corrected chi connectivity index (χ3v) is 2.37. The molecule has 0 amide bonds. The number of fused-ring (bicyclic) bond motifs is 1. The quantitative estimate of drug-likeness (QED) is 0.716. The zero-order valence-electron chi connectivity index (χ0n) is 10.3. The van der Waals surface area contributed by atoms with Crippen LogP contribution in [0.5, 0.6) is 0 Å². The topological polar surface area (TPSA) is 38.9 Å². The molecule has 2 rings (SSSR count). The molecule has 0 unspecified atom stereocenters. The van der Waals surface area contributed by atoms with Crippen LogP contribution in [0.1, 0.15) is 27.7 Å². The fourth-order valence-corrected chi connectivity index (χ4v) is 1.61. The highest BCUT2D eigenvalue weighted by Crippen LogP contribution is 2.23. The molecule has 0 aliphatic heterocycles. The molecule has 2 nitrogen and oxygen atoms in total. The Morgan fingerprint density at radius 2 is 1.69 bits per heavy atom. The smallest absolute Gasteiger partial charge is 0.0437 e. The highest BCUT2D eigenvalue weighted by atomic mass is 79.9. The molecule has 2 N–H and O–H groups in total. The summed E-state index contributed by atoms with van der Waals surface area (Å²) in [6.07, 6.45) is 3.58. The van der Waals surface area contributed by atoms with Gasteiger partial charge in [0.2, 0.25) is 0 Å². The maximum absolute atomic E-state index is 5.65. The number of nitrogens with two attached hydrogens (primary N) is 1. The lowest BCUT2D eigenvalue weighted by Gasteiger charge is -1.99. The Bertz CT molecular complexity index is 427. The Kier molecular flexibility index (Phi) is 7.56. The Hall–Kier alpha value is -1.09. The zero-order chi connectivity index (χ0) is 12.6. The Morgan fingerprint density at radius 1 is 1.06 bits per heavy atom. The summed E-state index contributed by atoms with van der Waals surface area (Å²) in [6, 6.07) is 5.76. The molecule has 1 heterocycles. The molecule has 0 radical (unpaired) electrons. The van der Waals surface area contributed by atoms with Crippen molar-refractivity contribution < 1.29 is 0 Å². The van der Waals surface area contributed by atoms with Gasteiger partial charge in [0.25, 0.3) is 0 Å². The van der Waals surface area contributed by atoms with Crippen molar-refractivity contribution in [1.82, 2.24) is 4.98 Å². The SMILES string of the molecule is CC.CC.Nc1ccc2cncc(Br)c2c1. The van der Waals surface area contributed by atoms with Crippen LogP contribution in [-0.4, -0.2) is 4.98 Å². The number of hydrogen-bond donors (Lipinski definition) is 1. The molecule has 0 bridgehead atoms. The van der Waals surface area contributed by atoms with Gasteiger partial charge < -0.3 is 5.73 Å². The second kappa shape index (κ2) is 8.11. The predicted octanol–water partition coefficient (Wildman–Crippen LogP) is 4.63. The number of benzene rings is 1. The standard InChI is InChI=1S/C9H7BrN2.2C2H6/c10-9-5-12-4-6-1-2-7(11)3-8(6)9;2*1-2/h1-5H,11H2;2*1-2H3. The first-order chi connectivity index (χ1) is 7.77. The fourth-order valence-electron chi connectivity index (χ4n) is 1.15. The van der Waals surface area contributed by atoms with Crippen molar-refractivity contribution in [2.45, 2.75) is 27.7 Å². The van der Waals surface area contributed by atoms with Gasteiger partial charge in [-0.25, -0.2) is 0 Å². The van der Waals surface area contributed by atoms with Crippen LogP contribution in [0.25, 0.3) is 10.8 Å². The molecular formula is C13H19BrN2. The van der Waals surface area contributed by atoms with Crippen LogP contribution in [0.15, 0.2) is 35.1 Å². The van der Waals surface area contributed by atoms with E-state index >= 15 is 0 Å². The average molecular weight is 283 g/mol. The number of aromatic nitrogens is 1. The van der Waals surface area contributed by atoms with Crippen LogP contribution in [0.2, 0.25) is 0 Å². The second-order valence-corrected chi connectivity index (χ2v) is 3.46. The monoisotopic (exact) mass is 282 g/mol. The maximum atomic E-state index is 5.65. The molecule has 1 aromatic carbocycles. The minimum atomic E-state index is 0.773. The Morgan fingerprint density at radius 3 is 2.31 bits per heavy atom. The highest BCUT2D eigenvalue weighted by molar-refractivity contribution is 9.10. The van der Waals surface area contributed by atoms with Gasteiger partial charge in [-0.2, -0.15) is 0 Å². The Labute approximate surface area is 106 Å². The molecule has 16 heavy (non-hydrogen) atoms. The molecule has 0 saturated heterocycles. The van der Waals surface area contributed by atoms with Crippen LogP contribution < -0.4 is 5.73 Å². The number of halogens is 1. The molecule has 0 atom stereocenters. The fraction of sp³-hybridized carbons (Fsp3) is 0.308. The van der Waals surface area contributed by atoms with Crippen molar-refractivity contribution in [2.24, 2.45) is 0 Å². The van der Waals surface area contributed by atoms with E-state index in [0.717, 1.165) is 20.9 Å². The first-order valence-electron chi connectivity index (χ1n) is 5.56. The van der Waals surface area contributed by atoms with E-state index < -0.39 is 0 Å². The molecular weight excluding hydrogens is 264 g/mol. The van der Waals surface area contributed by atoms with Crippen molar-refractivity contribution in [2.75, 3.05) is 5.73 Å². The summed E-state index contributed by atoms with van der Waals surface area (Å²) >= 11 is 3.41.